The quantitative estimate of drug-likeness (QED) is 0.559. The fourth-order valence-electron chi connectivity index (χ4n) is 3.81. The van der Waals surface area contributed by atoms with E-state index in [0.717, 1.165) is 29.2 Å². The van der Waals surface area contributed by atoms with E-state index in [1.807, 2.05) is 41.8 Å². The maximum atomic E-state index is 12.4. The van der Waals surface area contributed by atoms with Crippen molar-refractivity contribution in [2.24, 2.45) is 0 Å². The molecular weight excluding hydrogens is 410 g/mol. The predicted molar refractivity (Wildman–Crippen MR) is 122 cm³/mol. The molecular formula is C24H25N3O3S. The van der Waals surface area contributed by atoms with E-state index >= 15 is 0 Å². The number of amides is 2. The summed E-state index contributed by atoms with van der Waals surface area (Å²) in [5.74, 6) is -0.513. The molecule has 31 heavy (non-hydrogen) atoms. The van der Waals surface area contributed by atoms with Gasteiger partial charge in [0.1, 0.15) is 5.75 Å². The lowest BCUT2D eigenvalue weighted by atomic mass is 10.1. The second-order valence-electron chi connectivity index (χ2n) is 7.34. The smallest absolute Gasteiger partial charge is 0.309 e. The molecule has 1 atom stereocenters. The molecule has 160 valence electrons. The number of nitrogens with zero attached hydrogens (tertiary/aromatic N) is 1. The summed E-state index contributed by atoms with van der Waals surface area (Å²) in [6.07, 6.45) is 0.980. The lowest BCUT2D eigenvalue weighted by Crippen LogP contribution is -2.43. The van der Waals surface area contributed by atoms with Crippen molar-refractivity contribution in [3.05, 3.63) is 82.0 Å². The Hall–Kier alpha value is -3.32. The molecule has 3 aromatic rings. The molecule has 2 N–H and O–H groups in total. The summed E-state index contributed by atoms with van der Waals surface area (Å²) < 4.78 is 5.13. The second-order valence-corrected chi connectivity index (χ2v) is 8.32. The standard InChI is InChI=1S/C24H25N3O3S/c1-30-19-10-8-17(9-11-19)15-25-23(28)24(29)26-16-21(22-7-4-14-31-22)27-13-12-18-5-2-3-6-20(18)27/h2-11,14,21H,12-13,15-16H2,1H3,(H,25,28)(H,26,29)/t21-/m0/s1. The molecule has 0 saturated carbocycles. The summed E-state index contributed by atoms with van der Waals surface area (Å²) in [5.41, 5.74) is 3.40. The van der Waals surface area contributed by atoms with Crippen molar-refractivity contribution < 1.29 is 14.3 Å². The largest absolute Gasteiger partial charge is 0.497 e. The van der Waals surface area contributed by atoms with E-state index in [-0.39, 0.29) is 12.6 Å². The number of carbonyl (C=O) groups is 2. The van der Waals surface area contributed by atoms with Gasteiger partial charge in [-0.2, -0.15) is 0 Å². The Morgan fingerprint density at radius 1 is 1.03 bits per heavy atom. The third-order valence-electron chi connectivity index (χ3n) is 5.45. The average Bonchev–Trinajstić information content (AvgIpc) is 3.49. The SMILES string of the molecule is COc1ccc(CNC(=O)C(=O)NC[C@@H](c2cccs2)N2CCc3ccccc32)cc1. The molecule has 1 aromatic heterocycles. The van der Waals surface area contributed by atoms with E-state index in [1.165, 1.54) is 11.3 Å². The number of ether oxygens (including phenoxy) is 1. The van der Waals surface area contributed by atoms with Crippen LogP contribution in [0.25, 0.3) is 0 Å². The van der Waals surface area contributed by atoms with Crippen LogP contribution in [0.4, 0.5) is 5.69 Å². The van der Waals surface area contributed by atoms with Gasteiger partial charge in [-0.05, 0) is 47.2 Å². The fourth-order valence-corrected chi connectivity index (χ4v) is 4.65. The van der Waals surface area contributed by atoms with E-state index in [2.05, 4.69) is 39.8 Å². The van der Waals surface area contributed by atoms with Crippen molar-refractivity contribution in [1.29, 1.82) is 0 Å². The molecule has 2 amide bonds. The summed E-state index contributed by atoms with van der Waals surface area (Å²) in [6, 6.07) is 19.8. The highest BCUT2D eigenvalue weighted by Gasteiger charge is 2.28. The number of fused-ring (bicyclic) bond motifs is 1. The van der Waals surface area contributed by atoms with Crippen LogP contribution < -0.4 is 20.3 Å². The maximum Gasteiger partial charge on any atom is 0.309 e. The van der Waals surface area contributed by atoms with Gasteiger partial charge in [-0.3, -0.25) is 9.59 Å². The summed E-state index contributed by atoms with van der Waals surface area (Å²) in [7, 11) is 1.60. The van der Waals surface area contributed by atoms with Crippen molar-refractivity contribution in [2.45, 2.75) is 19.0 Å². The number of anilines is 1. The molecule has 0 saturated heterocycles. The van der Waals surface area contributed by atoms with Crippen LogP contribution in [0, 0.1) is 0 Å². The summed E-state index contributed by atoms with van der Waals surface area (Å²) in [6.45, 7) is 1.54. The number of thiophene rings is 1. The molecule has 1 aliphatic heterocycles. The Kier molecular flexibility index (Phi) is 6.52. The first-order valence-corrected chi connectivity index (χ1v) is 11.1. The second kappa shape index (κ2) is 9.66. The van der Waals surface area contributed by atoms with Crippen LogP contribution in [0.5, 0.6) is 5.75 Å². The van der Waals surface area contributed by atoms with Gasteiger partial charge in [0.15, 0.2) is 0 Å². The van der Waals surface area contributed by atoms with Crippen LogP contribution in [0.1, 0.15) is 22.0 Å². The summed E-state index contributed by atoms with van der Waals surface area (Å²) in [5, 5.41) is 7.54. The molecule has 1 aliphatic rings. The number of carbonyl (C=O) groups excluding carboxylic acids is 2. The minimum absolute atomic E-state index is 0.0120. The lowest BCUT2D eigenvalue weighted by molar-refractivity contribution is -0.139. The van der Waals surface area contributed by atoms with E-state index in [4.69, 9.17) is 4.74 Å². The van der Waals surface area contributed by atoms with E-state index in [1.54, 1.807) is 18.4 Å². The van der Waals surface area contributed by atoms with Gasteiger partial charge in [-0.15, -0.1) is 11.3 Å². The van der Waals surface area contributed by atoms with Crippen molar-refractivity contribution in [1.82, 2.24) is 10.6 Å². The highest BCUT2D eigenvalue weighted by atomic mass is 32.1. The number of para-hydroxylation sites is 1. The molecule has 2 heterocycles. The zero-order chi connectivity index (χ0) is 21.6. The van der Waals surface area contributed by atoms with Crippen molar-refractivity contribution in [2.75, 3.05) is 25.1 Å². The maximum absolute atomic E-state index is 12.4. The normalized spacial score (nSPS) is 13.4. The molecule has 7 heteroatoms. The van der Waals surface area contributed by atoms with Crippen LogP contribution in [-0.2, 0) is 22.6 Å². The van der Waals surface area contributed by atoms with Gasteiger partial charge in [-0.25, -0.2) is 0 Å². The van der Waals surface area contributed by atoms with Gasteiger partial charge in [0.25, 0.3) is 0 Å². The average molecular weight is 436 g/mol. The van der Waals surface area contributed by atoms with Crippen LogP contribution in [0.3, 0.4) is 0 Å². The number of nitrogens with one attached hydrogen (secondary N) is 2. The lowest BCUT2D eigenvalue weighted by Gasteiger charge is -2.30. The molecule has 0 unspecified atom stereocenters. The molecule has 6 nitrogen and oxygen atoms in total. The first-order chi connectivity index (χ1) is 15.2. The zero-order valence-electron chi connectivity index (χ0n) is 17.3. The Morgan fingerprint density at radius 2 is 1.81 bits per heavy atom. The Morgan fingerprint density at radius 3 is 2.55 bits per heavy atom. The van der Waals surface area contributed by atoms with Crippen molar-refractivity contribution >= 4 is 28.8 Å². The van der Waals surface area contributed by atoms with Crippen molar-refractivity contribution in [3.8, 4) is 5.75 Å². The molecule has 0 spiro atoms. The van der Waals surface area contributed by atoms with Gasteiger partial charge in [-0.1, -0.05) is 36.4 Å². The highest BCUT2D eigenvalue weighted by molar-refractivity contribution is 7.10. The number of hydrogen-bond donors (Lipinski definition) is 2. The Labute approximate surface area is 185 Å². The van der Waals surface area contributed by atoms with Gasteiger partial charge < -0.3 is 20.3 Å². The van der Waals surface area contributed by atoms with E-state index in [9.17, 15) is 9.59 Å². The molecule has 0 bridgehead atoms. The topological polar surface area (TPSA) is 70.7 Å². The Balaban J connectivity index is 1.37. The third kappa shape index (κ3) is 4.88. The molecule has 2 aromatic carbocycles. The van der Waals surface area contributed by atoms with E-state index < -0.39 is 11.8 Å². The number of rotatable bonds is 7. The molecule has 0 fully saturated rings. The molecule has 0 radical (unpaired) electrons. The molecule has 4 rings (SSSR count). The predicted octanol–water partition coefficient (Wildman–Crippen LogP) is 3.29. The highest BCUT2D eigenvalue weighted by Crippen LogP contribution is 2.36. The fraction of sp³-hybridized carbons (Fsp3) is 0.250. The number of methoxy groups -OCH3 is 1. The first-order valence-electron chi connectivity index (χ1n) is 10.2. The third-order valence-corrected chi connectivity index (χ3v) is 6.42. The zero-order valence-corrected chi connectivity index (χ0v) is 18.2. The van der Waals surface area contributed by atoms with Gasteiger partial charge in [0.05, 0.1) is 13.2 Å². The molecule has 0 aliphatic carbocycles. The number of benzene rings is 2. The van der Waals surface area contributed by atoms with Gasteiger partial charge in [0.2, 0.25) is 0 Å². The summed E-state index contributed by atoms with van der Waals surface area (Å²) in [4.78, 5) is 28.2. The van der Waals surface area contributed by atoms with Crippen LogP contribution in [0.15, 0.2) is 66.0 Å². The van der Waals surface area contributed by atoms with Crippen LogP contribution >= 0.6 is 11.3 Å². The minimum atomic E-state index is -0.637. The van der Waals surface area contributed by atoms with Crippen molar-refractivity contribution in [3.63, 3.8) is 0 Å². The van der Waals surface area contributed by atoms with Gasteiger partial charge >= 0.3 is 11.8 Å². The minimum Gasteiger partial charge on any atom is -0.497 e. The first kappa shape index (κ1) is 20.9. The Bertz CT molecular complexity index is 1030. The summed E-state index contributed by atoms with van der Waals surface area (Å²) >= 11 is 1.66. The van der Waals surface area contributed by atoms with Gasteiger partial charge in [0, 0.05) is 30.2 Å². The van der Waals surface area contributed by atoms with Crippen LogP contribution in [0.2, 0.25) is 0 Å². The monoisotopic (exact) mass is 435 g/mol. The number of hydrogen-bond acceptors (Lipinski definition) is 5. The van der Waals surface area contributed by atoms with E-state index in [0.29, 0.717) is 6.54 Å². The van der Waals surface area contributed by atoms with Crippen LogP contribution in [-0.4, -0.2) is 32.0 Å².